The van der Waals surface area contributed by atoms with Crippen LogP contribution in [0, 0.1) is 0 Å². The molecule has 8 heteroatoms. The molecule has 30 heavy (non-hydrogen) atoms. The zero-order valence-corrected chi connectivity index (χ0v) is 18.5. The Kier molecular flexibility index (Phi) is 6.21. The third-order valence-electron chi connectivity index (χ3n) is 4.67. The summed E-state index contributed by atoms with van der Waals surface area (Å²) in [6.45, 7) is 0.407. The van der Waals surface area contributed by atoms with Gasteiger partial charge in [-0.1, -0.05) is 58.5 Å². The molecule has 0 aliphatic carbocycles. The van der Waals surface area contributed by atoms with Gasteiger partial charge in [0.15, 0.2) is 0 Å². The van der Waals surface area contributed by atoms with Crippen LogP contribution in [-0.4, -0.2) is 22.4 Å². The molecule has 1 heterocycles. The lowest BCUT2D eigenvalue weighted by molar-refractivity contribution is 0.0954. The molecular formula is C22H15Cl4N3O. The second kappa shape index (κ2) is 8.86. The van der Waals surface area contributed by atoms with Crippen LogP contribution in [0.15, 0.2) is 54.6 Å². The van der Waals surface area contributed by atoms with Crippen LogP contribution in [0.5, 0.6) is 0 Å². The van der Waals surface area contributed by atoms with Gasteiger partial charge in [0.1, 0.15) is 5.82 Å². The minimum Gasteiger partial charge on any atom is -0.352 e. The first-order chi connectivity index (χ1) is 14.4. The van der Waals surface area contributed by atoms with Crippen molar-refractivity contribution in [2.24, 2.45) is 0 Å². The lowest BCUT2D eigenvalue weighted by Crippen LogP contribution is -2.25. The highest BCUT2D eigenvalue weighted by molar-refractivity contribution is 6.39. The fourth-order valence-corrected chi connectivity index (χ4v) is 4.33. The van der Waals surface area contributed by atoms with E-state index >= 15 is 0 Å². The molecule has 152 valence electrons. The van der Waals surface area contributed by atoms with Gasteiger partial charge in [0.2, 0.25) is 0 Å². The number of halogens is 4. The number of aromatic nitrogens is 2. The fourth-order valence-electron chi connectivity index (χ4n) is 3.17. The number of rotatable bonds is 5. The highest BCUT2D eigenvalue weighted by Gasteiger charge is 2.14. The lowest BCUT2D eigenvalue weighted by atomic mass is 10.1. The second-order valence-electron chi connectivity index (χ2n) is 6.62. The molecule has 3 aromatic carbocycles. The molecule has 0 saturated carbocycles. The highest BCUT2D eigenvalue weighted by Crippen LogP contribution is 2.34. The summed E-state index contributed by atoms with van der Waals surface area (Å²) in [5.74, 6) is 0.346. The summed E-state index contributed by atoms with van der Waals surface area (Å²) in [6, 6.07) is 15.9. The summed E-state index contributed by atoms with van der Waals surface area (Å²) < 4.78 is 0. The zero-order chi connectivity index (χ0) is 21.3. The number of fused-ring (bicyclic) bond motifs is 1. The number of H-pyrrole nitrogens is 1. The normalized spacial score (nSPS) is 11.1. The van der Waals surface area contributed by atoms with Crippen LogP contribution in [0.3, 0.4) is 0 Å². The number of imidazole rings is 1. The summed E-state index contributed by atoms with van der Waals surface area (Å²) in [5, 5.41) is 5.06. The van der Waals surface area contributed by atoms with Crippen LogP contribution in [0.25, 0.3) is 22.4 Å². The average Bonchev–Trinajstić information content (AvgIpc) is 3.12. The van der Waals surface area contributed by atoms with Gasteiger partial charge in [0.25, 0.3) is 5.91 Å². The third kappa shape index (κ3) is 4.28. The van der Waals surface area contributed by atoms with Crippen LogP contribution in [-0.2, 0) is 6.42 Å². The van der Waals surface area contributed by atoms with Crippen molar-refractivity contribution in [1.82, 2.24) is 15.3 Å². The SMILES string of the molecule is O=C(NCCc1c(Cl)cccc1Cl)c1ccc2nc(-c3c(Cl)cccc3Cl)[nH]c2c1. The van der Waals surface area contributed by atoms with Crippen molar-refractivity contribution in [2.75, 3.05) is 6.54 Å². The molecule has 0 bridgehead atoms. The fraction of sp³-hybridized carbons (Fsp3) is 0.0909. The van der Waals surface area contributed by atoms with Gasteiger partial charge in [-0.15, -0.1) is 0 Å². The van der Waals surface area contributed by atoms with Crippen molar-refractivity contribution >= 4 is 63.3 Å². The minimum atomic E-state index is -0.202. The first-order valence-corrected chi connectivity index (χ1v) is 10.6. The zero-order valence-electron chi connectivity index (χ0n) is 15.5. The van der Waals surface area contributed by atoms with Crippen molar-refractivity contribution in [3.63, 3.8) is 0 Å². The Hall–Kier alpha value is -2.24. The maximum absolute atomic E-state index is 12.6. The monoisotopic (exact) mass is 477 g/mol. The van der Waals surface area contributed by atoms with E-state index in [4.69, 9.17) is 46.4 Å². The molecule has 0 saturated heterocycles. The molecule has 0 aliphatic heterocycles. The Bertz CT molecular complexity index is 1210. The van der Waals surface area contributed by atoms with Gasteiger partial charge in [-0.25, -0.2) is 4.98 Å². The Morgan fingerprint density at radius 2 is 1.53 bits per heavy atom. The van der Waals surface area contributed by atoms with Gasteiger partial charge < -0.3 is 10.3 Å². The Labute approximate surface area is 193 Å². The number of nitrogens with one attached hydrogen (secondary N) is 2. The quantitative estimate of drug-likeness (QED) is 0.330. The minimum absolute atomic E-state index is 0.202. The van der Waals surface area contributed by atoms with Gasteiger partial charge in [0, 0.05) is 22.2 Å². The summed E-state index contributed by atoms with van der Waals surface area (Å²) in [6.07, 6.45) is 0.533. The lowest BCUT2D eigenvalue weighted by Gasteiger charge is -2.08. The van der Waals surface area contributed by atoms with E-state index < -0.39 is 0 Å². The molecule has 4 aromatic rings. The predicted octanol–water partition coefficient (Wildman–Crippen LogP) is 6.82. The number of benzene rings is 3. The van der Waals surface area contributed by atoms with Gasteiger partial charge in [-0.05, 0) is 54.4 Å². The molecular weight excluding hydrogens is 464 g/mol. The van der Waals surface area contributed by atoms with E-state index in [0.29, 0.717) is 61.0 Å². The molecule has 0 aliphatic rings. The first kappa shape index (κ1) is 21.0. The Morgan fingerprint density at radius 3 is 2.20 bits per heavy atom. The number of hydrogen-bond donors (Lipinski definition) is 2. The molecule has 0 spiro atoms. The van der Waals surface area contributed by atoms with E-state index in [0.717, 1.165) is 5.56 Å². The van der Waals surface area contributed by atoms with Crippen molar-refractivity contribution in [1.29, 1.82) is 0 Å². The Balaban J connectivity index is 1.51. The first-order valence-electron chi connectivity index (χ1n) is 9.09. The summed E-state index contributed by atoms with van der Waals surface area (Å²) in [4.78, 5) is 20.3. The van der Waals surface area contributed by atoms with Crippen LogP contribution >= 0.6 is 46.4 Å². The van der Waals surface area contributed by atoms with Crippen molar-refractivity contribution in [2.45, 2.75) is 6.42 Å². The average molecular weight is 479 g/mol. The highest BCUT2D eigenvalue weighted by atomic mass is 35.5. The molecule has 1 aromatic heterocycles. The molecule has 4 rings (SSSR count). The van der Waals surface area contributed by atoms with E-state index in [-0.39, 0.29) is 5.91 Å². The number of carbonyl (C=O) groups is 1. The van der Waals surface area contributed by atoms with Crippen LogP contribution in [0.2, 0.25) is 20.1 Å². The van der Waals surface area contributed by atoms with Crippen molar-refractivity contribution in [3.8, 4) is 11.4 Å². The molecule has 1 amide bonds. The second-order valence-corrected chi connectivity index (χ2v) is 8.25. The Morgan fingerprint density at radius 1 is 0.900 bits per heavy atom. The molecule has 4 nitrogen and oxygen atoms in total. The van der Waals surface area contributed by atoms with Crippen LogP contribution in [0.1, 0.15) is 15.9 Å². The molecule has 0 atom stereocenters. The summed E-state index contributed by atoms with van der Waals surface area (Å²) >= 11 is 24.9. The van der Waals surface area contributed by atoms with Crippen molar-refractivity contribution < 1.29 is 4.79 Å². The van der Waals surface area contributed by atoms with Crippen LogP contribution in [0.4, 0.5) is 0 Å². The number of aromatic amines is 1. The molecule has 0 fully saturated rings. The number of nitrogens with zero attached hydrogens (tertiary/aromatic N) is 1. The van der Waals surface area contributed by atoms with Gasteiger partial charge in [0.05, 0.1) is 26.6 Å². The van der Waals surface area contributed by atoms with E-state index in [1.54, 1.807) is 54.6 Å². The smallest absolute Gasteiger partial charge is 0.251 e. The number of carbonyl (C=O) groups excluding carboxylic acids is 1. The maximum Gasteiger partial charge on any atom is 0.251 e. The molecule has 0 unspecified atom stereocenters. The van der Waals surface area contributed by atoms with E-state index in [1.807, 2.05) is 0 Å². The van der Waals surface area contributed by atoms with Gasteiger partial charge >= 0.3 is 0 Å². The maximum atomic E-state index is 12.6. The van der Waals surface area contributed by atoms with E-state index in [1.165, 1.54) is 0 Å². The number of amides is 1. The van der Waals surface area contributed by atoms with Crippen molar-refractivity contribution in [3.05, 3.63) is 85.8 Å². The standard InChI is InChI=1S/C22H15Cl4N3O/c23-14-3-1-4-15(24)13(14)9-10-27-22(30)12-7-8-18-19(11-12)29-21(28-18)20-16(25)5-2-6-17(20)26/h1-8,11H,9-10H2,(H,27,30)(H,28,29). The predicted molar refractivity (Wildman–Crippen MR) is 124 cm³/mol. The summed E-state index contributed by atoms with van der Waals surface area (Å²) in [7, 11) is 0. The molecule has 0 radical (unpaired) electrons. The van der Waals surface area contributed by atoms with Gasteiger partial charge in [-0.3, -0.25) is 4.79 Å². The molecule has 2 N–H and O–H groups in total. The van der Waals surface area contributed by atoms with E-state index in [2.05, 4.69) is 15.3 Å². The van der Waals surface area contributed by atoms with Crippen LogP contribution < -0.4 is 5.32 Å². The third-order valence-corrected chi connectivity index (χ3v) is 6.00. The van der Waals surface area contributed by atoms with E-state index in [9.17, 15) is 4.79 Å². The number of hydrogen-bond acceptors (Lipinski definition) is 2. The van der Waals surface area contributed by atoms with Gasteiger partial charge in [-0.2, -0.15) is 0 Å². The largest absolute Gasteiger partial charge is 0.352 e. The topological polar surface area (TPSA) is 57.8 Å². The summed E-state index contributed by atoms with van der Waals surface area (Å²) in [5.41, 5.74) is 3.36.